The number of carboxylic acid groups (broad SMARTS) is 1. The Kier molecular flexibility index (Phi) is 6.47. The number of halogens is 2. The lowest BCUT2D eigenvalue weighted by Gasteiger charge is -2.13. The van der Waals surface area contributed by atoms with Crippen molar-refractivity contribution >= 4 is 29.2 Å². The lowest BCUT2D eigenvalue weighted by molar-refractivity contribution is -0.142. The summed E-state index contributed by atoms with van der Waals surface area (Å²) in [6.45, 7) is 0.591. The van der Waals surface area contributed by atoms with Crippen molar-refractivity contribution in [2.75, 3.05) is 6.54 Å². The summed E-state index contributed by atoms with van der Waals surface area (Å²) < 4.78 is 0. The van der Waals surface area contributed by atoms with Crippen LogP contribution in [0.1, 0.15) is 24.8 Å². The Morgan fingerprint density at radius 1 is 1.33 bits per heavy atom. The lowest BCUT2D eigenvalue weighted by Crippen LogP contribution is -2.17. The number of hydrogen-bond donors (Lipinski definition) is 2. The van der Waals surface area contributed by atoms with E-state index >= 15 is 0 Å². The Labute approximate surface area is 117 Å². The fourth-order valence-electron chi connectivity index (χ4n) is 1.80. The van der Waals surface area contributed by atoms with Crippen LogP contribution in [-0.4, -0.2) is 17.6 Å². The third kappa shape index (κ3) is 4.84. The van der Waals surface area contributed by atoms with E-state index in [4.69, 9.17) is 28.9 Å². The molecule has 1 atom stereocenters. The summed E-state index contributed by atoms with van der Waals surface area (Å²) in [5.74, 6) is -1.21. The molecule has 1 aromatic carbocycles. The van der Waals surface area contributed by atoms with Gasteiger partial charge in [-0.15, -0.1) is 0 Å². The van der Waals surface area contributed by atoms with Crippen molar-refractivity contribution in [2.45, 2.75) is 25.7 Å². The second-order valence-electron chi connectivity index (χ2n) is 4.26. The van der Waals surface area contributed by atoms with E-state index in [1.165, 1.54) is 0 Å². The Morgan fingerprint density at radius 2 is 2.06 bits per heavy atom. The summed E-state index contributed by atoms with van der Waals surface area (Å²) in [6.07, 6.45) is 2.71. The molecule has 0 radical (unpaired) electrons. The highest BCUT2D eigenvalue weighted by atomic mass is 35.5. The summed E-state index contributed by atoms with van der Waals surface area (Å²) in [4.78, 5) is 11.2. The van der Waals surface area contributed by atoms with Gasteiger partial charge in [0, 0.05) is 10.0 Å². The van der Waals surface area contributed by atoms with Crippen LogP contribution < -0.4 is 5.73 Å². The van der Waals surface area contributed by atoms with Gasteiger partial charge in [-0.25, -0.2) is 0 Å². The first-order chi connectivity index (χ1) is 8.54. The average molecular weight is 290 g/mol. The topological polar surface area (TPSA) is 63.3 Å². The first-order valence-corrected chi connectivity index (χ1v) is 6.67. The maximum atomic E-state index is 11.2. The molecule has 0 amide bonds. The number of unbranched alkanes of at least 4 members (excludes halogenated alkanes) is 1. The highest BCUT2D eigenvalue weighted by molar-refractivity contribution is 6.35. The van der Waals surface area contributed by atoms with Gasteiger partial charge < -0.3 is 10.8 Å². The number of nitrogens with two attached hydrogens (primary N) is 1. The van der Waals surface area contributed by atoms with Crippen LogP contribution in [0, 0.1) is 5.92 Å². The molecule has 0 aliphatic carbocycles. The van der Waals surface area contributed by atoms with E-state index in [1.807, 2.05) is 0 Å². The van der Waals surface area contributed by atoms with Gasteiger partial charge in [0.2, 0.25) is 0 Å². The van der Waals surface area contributed by atoms with Crippen LogP contribution in [0.15, 0.2) is 18.2 Å². The average Bonchev–Trinajstić information content (AvgIpc) is 2.30. The predicted octanol–water partition coefficient (Wildman–Crippen LogP) is 3.37. The molecule has 0 spiro atoms. The van der Waals surface area contributed by atoms with Gasteiger partial charge in [-0.05, 0) is 43.5 Å². The minimum absolute atomic E-state index is 0.421. The summed E-state index contributed by atoms with van der Waals surface area (Å²) in [5.41, 5.74) is 6.22. The van der Waals surface area contributed by atoms with Crippen LogP contribution in [0.5, 0.6) is 0 Å². The van der Waals surface area contributed by atoms with Gasteiger partial charge in [-0.3, -0.25) is 4.79 Å². The quantitative estimate of drug-likeness (QED) is 0.757. The maximum Gasteiger partial charge on any atom is 0.306 e. The normalized spacial score (nSPS) is 12.4. The zero-order valence-corrected chi connectivity index (χ0v) is 11.5. The predicted molar refractivity (Wildman–Crippen MR) is 74.2 cm³/mol. The van der Waals surface area contributed by atoms with Gasteiger partial charge in [0.15, 0.2) is 0 Å². The van der Waals surface area contributed by atoms with E-state index in [0.717, 1.165) is 18.4 Å². The fraction of sp³-hybridized carbons (Fsp3) is 0.462. The molecule has 0 aliphatic heterocycles. The van der Waals surface area contributed by atoms with Crippen molar-refractivity contribution in [2.24, 2.45) is 11.7 Å². The Morgan fingerprint density at radius 3 is 2.61 bits per heavy atom. The molecule has 5 heteroatoms. The van der Waals surface area contributed by atoms with E-state index in [-0.39, 0.29) is 0 Å². The van der Waals surface area contributed by atoms with Gasteiger partial charge in [-0.1, -0.05) is 35.7 Å². The SMILES string of the molecule is NCCCCC(Cc1ccc(Cl)cc1Cl)C(=O)O. The van der Waals surface area contributed by atoms with Crippen LogP contribution >= 0.6 is 23.2 Å². The van der Waals surface area contributed by atoms with Gasteiger partial charge in [0.1, 0.15) is 0 Å². The number of carboxylic acids is 1. The van der Waals surface area contributed by atoms with Crippen molar-refractivity contribution in [1.29, 1.82) is 0 Å². The van der Waals surface area contributed by atoms with Crippen molar-refractivity contribution in [1.82, 2.24) is 0 Å². The van der Waals surface area contributed by atoms with Gasteiger partial charge in [-0.2, -0.15) is 0 Å². The highest BCUT2D eigenvalue weighted by Crippen LogP contribution is 2.25. The van der Waals surface area contributed by atoms with E-state index < -0.39 is 11.9 Å². The summed E-state index contributed by atoms with van der Waals surface area (Å²) >= 11 is 11.8. The van der Waals surface area contributed by atoms with Crippen LogP contribution in [0.2, 0.25) is 10.0 Å². The van der Waals surface area contributed by atoms with E-state index in [1.54, 1.807) is 18.2 Å². The van der Waals surface area contributed by atoms with E-state index in [9.17, 15) is 9.90 Å². The number of carbonyl (C=O) groups is 1. The number of hydrogen-bond acceptors (Lipinski definition) is 2. The molecule has 0 fully saturated rings. The lowest BCUT2D eigenvalue weighted by atomic mass is 9.94. The zero-order valence-electron chi connectivity index (χ0n) is 10.0. The van der Waals surface area contributed by atoms with Gasteiger partial charge >= 0.3 is 5.97 Å². The molecule has 3 N–H and O–H groups in total. The molecule has 0 aromatic heterocycles. The third-order valence-corrected chi connectivity index (χ3v) is 3.42. The summed E-state index contributed by atoms with van der Waals surface area (Å²) in [7, 11) is 0. The van der Waals surface area contributed by atoms with Crippen LogP contribution in [0.4, 0.5) is 0 Å². The monoisotopic (exact) mass is 289 g/mol. The molecule has 0 aliphatic rings. The molecule has 0 bridgehead atoms. The minimum Gasteiger partial charge on any atom is -0.481 e. The molecular weight excluding hydrogens is 273 g/mol. The molecular formula is C13H17Cl2NO2. The van der Waals surface area contributed by atoms with Gasteiger partial charge in [0.25, 0.3) is 0 Å². The van der Waals surface area contributed by atoms with Gasteiger partial charge in [0.05, 0.1) is 5.92 Å². The minimum atomic E-state index is -0.793. The molecule has 100 valence electrons. The first kappa shape index (κ1) is 15.3. The molecule has 0 saturated heterocycles. The first-order valence-electron chi connectivity index (χ1n) is 5.91. The zero-order chi connectivity index (χ0) is 13.5. The number of benzene rings is 1. The highest BCUT2D eigenvalue weighted by Gasteiger charge is 2.18. The van der Waals surface area contributed by atoms with Crippen molar-refractivity contribution in [3.63, 3.8) is 0 Å². The molecule has 18 heavy (non-hydrogen) atoms. The second kappa shape index (κ2) is 7.62. The Balaban J connectivity index is 2.67. The fourth-order valence-corrected chi connectivity index (χ4v) is 2.29. The maximum absolute atomic E-state index is 11.2. The largest absolute Gasteiger partial charge is 0.481 e. The third-order valence-electron chi connectivity index (χ3n) is 2.84. The summed E-state index contributed by atoms with van der Waals surface area (Å²) in [5, 5.41) is 10.3. The second-order valence-corrected chi connectivity index (χ2v) is 5.10. The number of rotatable bonds is 7. The van der Waals surface area contributed by atoms with E-state index in [0.29, 0.717) is 29.4 Å². The molecule has 1 aromatic rings. The van der Waals surface area contributed by atoms with Crippen LogP contribution in [0.25, 0.3) is 0 Å². The molecule has 0 heterocycles. The van der Waals surface area contributed by atoms with Crippen molar-refractivity contribution in [3.8, 4) is 0 Å². The van der Waals surface area contributed by atoms with Crippen LogP contribution in [0.3, 0.4) is 0 Å². The molecule has 1 rings (SSSR count). The van der Waals surface area contributed by atoms with Crippen molar-refractivity contribution < 1.29 is 9.90 Å². The Hall–Kier alpha value is -0.770. The number of aliphatic carboxylic acids is 1. The van der Waals surface area contributed by atoms with Crippen molar-refractivity contribution in [3.05, 3.63) is 33.8 Å². The standard InChI is InChI=1S/C13H17Cl2NO2/c14-11-5-4-9(12(15)8-11)7-10(13(17)18)3-1-2-6-16/h4-5,8,10H,1-3,6-7,16H2,(H,17,18). The summed E-state index contributed by atoms with van der Waals surface area (Å²) in [6, 6.07) is 5.14. The molecule has 3 nitrogen and oxygen atoms in total. The van der Waals surface area contributed by atoms with E-state index in [2.05, 4.69) is 0 Å². The van der Waals surface area contributed by atoms with Crippen LogP contribution in [-0.2, 0) is 11.2 Å². The smallest absolute Gasteiger partial charge is 0.306 e. The Bertz CT molecular complexity index is 410. The molecule has 1 unspecified atom stereocenters. The molecule has 0 saturated carbocycles.